The molecule has 0 radical (unpaired) electrons. The van der Waals surface area contributed by atoms with Crippen LogP contribution in [0.15, 0.2) is 60.7 Å². The number of hydrogen-bond acceptors (Lipinski definition) is 2. The summed E-state index contributed by atoms with van der Waals surface area (Å²) in [4.78, 5) is 0. The summed E-state index contributed by atoms with van der Waals surface area (Å²) in [6, 6.07) is 20.5. The van der Waals surface area contributed by atoms with Crippen molar-refractivity contribution in [3.8, 4) is 5.75 Å². The zero-order chi connectivity index (χ0) is 18.2. The van der Waals surface area contributed by atoms with Crippen molar-refractivity contribution in [3.05, 3.63) is 76.8 Å². The summed E-state index contributed by atoms with van der Waals surface area (Å²) in [5.74, 6) is 0.946. The number of benzene rings is 3. The number of hydrogen-bond donors (Lipinski definition) is 1. The Balaban J connectivity index is 1.76. The Kier molecular flexibility index (Phi) is 6.93. The quantitative estimate of drug-likeness (QED) is 0.445. The van der Waals surface area contributed by atoms with E-state index in [1.54, 1.807) is 0 Å². The summed E-state index contributed by atoms with van der Waals surface area (Å²) in [5.41, 5.74) is 2.35. The molecule has 26 heavy (non-hydrogen) atoms. The third kappa shape index (κ3) is 5.00. The second-order valence-corrected chi connectivity index (χ2v) is 7.00. The Bertz CT molecular complexity index is 829. The standard InChI is InChI=1S/C23H26ClNO/c1-2-3-6-15-25-16-22-21-8-5-4-7-19(21)11-14-23(22)26-17-18-9-12-20(24)13-10-18/h4-5,7-14,25H,2-3,6,15-17H2,1H3. The van der Waals surface area contributed by atoms with E-state index in [1.165, 1.54) is 35.6 Å². The molecular weight excluding hydrogens is 342 g/mol. The number of rotatable bonds is 9. The second kappa shape index (κ2) is 9.61. The van der Waals surface area contributed by atoms with Crippen LogP contribution in [0.2, 0.25) is 5.02 Å². The fourth-order valence-electron chi connectivity index (χ4n) is 3.09. The van der Waals surface area contributed by atoms with Gasteiger partial charge < -0.3 is 10.1 Å². The molecule has 0 aliphatic rings. The van der Waals surface area contributed by atoms with Crippen LogP contribution in [0.5, 0.6) is 5.75 Å². The topological polar surface area (TPSA) is 21.3 Å². The molecule has 0 aliphatic carbocycles. The van der Waals surface area contributed by atoms with Crippen molar-refractivity contribution in [2.24, 2.45) is 0 Å². The van der Waals surface area contributed by atoms with Gasteiger partial charge in [0.2, 0.25) is 0 Å². The summed E-state index contributed by atoms with van der Waals surface area (Å²) in [7, 11) is 0. The van der Waals surface area contributed by atoms with Gasteiger partial charge in [-0.1, -0.05) is 73.8 Å². The van der Waals surface area contributed by atoms with Crippen molar-refractivity contribution in [2.75, 3.05) is 6.54 Å². The molecule has 3 aromatic rings. The van der Waals surface area contributed by atoms with E-state index in [9.17, 15) is 0 Å². The van der Waals surface area contributed by atoms with E-state index in [-0.39, 0.29) is 0 Å². The van der Waals surface area contributed by atoms with Crippen LogP contribution in [-0.2, 0) is 13.2 Å². The molecule has 3 aromatic carbocycles. The average molecular weight is 368 g/mol. The number of unbranched alkanes of at least 4 members (excludes halogenated alkanes) is 2. The molecule has 0 spiro atoms. The minimum absolute atomic E-state index is 0.540. The second-order valence-electron chi connectivity index (χ2n) is 6.56. The summed E-state index contributed by atoms with van der Waals surface area (Å²) >= 11 is 5.96. The summed E-state index contributed by atoms with van der Waals surface area (Å²) in [5, 5.41) is 6.82. The number of ether oxygens (including phenoxy) is 1. The maximum absolute atomic E-state index is 6.17. The molecule has 0 unspecified atom stereocenters. The predicted molar refractivity (Wildman–Crippen MR) is 111 cm³/mol. The Morgan fingerprint density at radius 2 is 1.73 bits per heavy atom. The molecule has 0 saturated carbocycles. The molecule has 0 aliphatic heterocycles. The zero-order valence-corrected chi connectivity index (χ0v) is 16.1. The Morgan fingerprint density at radius 3 is 2.54 bits per heavy atom. The molecule has 3 heteroatoms. The van der Waals surface area contributed by atoms with Gasteiger partial charge >= 0.3 is 0 Å². The molecule has 2 nitrogen and oxygen atoms in total. The smallest absolute Gasteiger partial charge is 0.124 e. The highest BCUT2D eigenvalue weighted by atomic mass is 35.5. The molecule has 0 amide bonds. The van der Waals surface area contributed by atoms with E-state index in [0.29, 0.717) is 6.61 Å². The highest BCUT2D eigenvalue weighted by molar-refractivity contribution is 6.30. The SMILES string of the molecule is CCCCCNCc1c(OCc2ccc(Cl)cc2)ccc2ccccc12. The van der Waals surface area contributed by atoms with Crippen molar-refractivity contribution in [1.82, 2.24) is 5.32 Å². The lowest BCUT2D eigenvalue weighted by Crippen LogP contribution is -2.15. The van der Waals surface area contributed by atoms with Crippen molar-refractivity contribution >= 4 is 22.4 Å². The first-order valence-corrected chi connectivity index (χ1v) is 9.74. The van der Waals surface area contributed by atoms with E-state index in [4.69, 9.17) is 16.3 Å². The zero-order valence-electron chi connectivity index (χ0n) is 15.3. The summed E-state index contributed by atoms with van der Waals surface area (Å²) in [6.07, 6.45) is 3.72. The van der Waals surface area contributed by atoms with Crippen LogP contribution in [0.3, 0.4) is 0 Å². The van der Waals surface area contributed by atoms with Crippen LogP contribution in [-0.4, -0.2) is 6.54 Å². The molecule has 0 atom stereocenters. The lowest BCUT2D eigenvalue weighted by molar-refractivity contribution is 0.302. The minimum atomic E-state index is 0.540. The number of halogens is 1. The number of nitrogens with one attached hydrogen (secondary N) is 1. The van der Waals surface area contributed by atoms with Crippen LogP contribution in [0.1, 0.15) is 37.3 Å². The average Bonchev–Trinajstić information content (AvgIpc) is 2.68. The Labute approximate surface area is 161 Å². The van der Waals surface area contributed by atoms with Gasteiger partial charge in [0.15, 0.2) is 0 Å². The third-order valence-corrected chi connectivity index (χ3v) is 4.82. The largest absolute Gasteiger partial charge is 0.489 e. The maximum atomic E-state index is 6.17. The van der Waals surface area contributed by atoms with Gasteiger partial charge in [0, 0.05) is 17.1 Å². The third-order valence-electron chi connectivity index (χ3n) is 4.56. The highest BCUT2D eigenvalue weighted by Crippen LogP contribution is 2.29. The van der Waals surface area contributed by atoms with Gasteiger partial charge in [-0.05, 0) is 47.5 Å². The van der Waals surface area contributed by atoms with Gasteiger partial charge in [-0.25, -0.2) is 0 Å². The van der Waals surface area contributed by atoms with Crippen molar-refractivity contribution < 1.29 is 4.74 Å². The van der Waals surface area contributed by atoms with Gasteiger partial charge in [-0.2, -0.15) is 0 Å². The Hall–Kier alpha value is -2.03. The van der Waals surface area contributed by atoms with Gasteiger partial charge in [0.25, 0.3) is 0 Å². The van der Waals surface area contributed by atoms with Crippen molar-refractivity contribution in [1.29, 1.82) is 0 Å². The molecule has 136 valence electrons. The lowest BCUT2D eigenvalue weighted by atomic mass is 10.0. The monoisotopic (exact) mass is 367 g/mol. The van der Waals surface area contributed by atoms with Crippen LogP contribution in [0.25, 0.3) is 10.8 Å². The first kappa shape index (κ1) is 18.8. The Morgan fingerprint density at radius 1 is 0.923 bits per heavy atom. The first-order valence-electron chi connectivity index (χ1n) is 9.36. The molecule has 0 bridgehead atoms. The molecule has 1 N–H and O–H groups in total. The summed E-state index contributed by atoms with van der Waals surface area (Å²) < 4.78 is 6.17. The molecule has 0 fully saturated rings. The van der Waals surface area contributed by atoms with E-state index < -0.39 is 0 Å². The van der Waals surface area contributed by atoms with Gasteiger partial charge in [0.1, 0.15) is 12.4 Å². The number of fused-ring (bicyclic) bond motifs is 1. The maximum Gasteiger partial charge on any atom is 0.124 e. The predicted octanol–water partition coefficient (Wildman–Crippen LogP) is 6.35. The van der Waals surface area contributed by atoms with Crippen molar-refractivity contribution in [3.63, 3.8) is 0 Å². The van der Waals surface area contributed by atoms with E-state index in [0.717, 1.165) is 29.4 Å². The van der Waals surface area contributed by atoms with Crippen molar-refractivity contribution in [2.45, 2.75) is 39.3 Å². The van der Waals surface area contributed by atoms with E-state index >= 15 is 0 Å². The highest BCUT2D eigenvalue weighted by Gasteiger charge is 2.09. The molecule has 3 rings (SSSR count). The molecule has 0 aromatic heterocycles. The van der Waals surface area contributed by atoms with Crippen LogP contribution in [0.4, 0.5) is 0 Å². The van der Waals surface area contributed by atoms with Crippen LogP contribution in [0, 0.1) is 0 Å². The molecule has 0 heterocycles. The molecular formula is C23H26ClNO. The fourth-order valence-corrected chi connectivity index (χ4v) is 3.21. The van der Waals surface area contributed by atoms with Crippen LogP contribution < -0.4 is 10.1 Å². The normalized spacial score (nSPS) is 11.0. The van der Waals surface area contributed by atoms with E-state index in [1.807, 2.05) is 24.3 Å². The van der Waals surface area contributed by atoms with E-state index in [2.05, 4.69) is 48.6 Å². The molecule has 0 saturated heterocycles. The van der Waals surface area contributed by atoms with Gasteiger partial charge in [0.05, 0.1) is 0 Å². The van der Waals surface area contributed by atoms with Crippen LogP contribution >= 0.6 is 11.6 Å². The lowest BCUT2D eigenvalue weighted by Gasteiger charge is -2.15. The van der Waals surface area contributed by atoms with Gasteiger partial charge in [-0.15, -0.1) is 0 Å². The summed E-state index contributed by atoms with van der Waals surface area (Å²) in [6.45, 7) is 4.63. The minimum Gasteiger partial charge on any atom is -0.489 e. The van der Waals surface area contributed by atoms with Gasteiger partial charge in [-0.3, -0.25) is 0 Å². The first-order chi connectivity index (χ1) is 12.8. The fraction of sp³-hybridized carbons (Fsp3) is 0.304.